The lowest BCUT2D eigenvalue weighted by Crippen LogP contribution is -2.40. The fourth-order valence-electron chi connectivity index (χ4n) is 3.25. The van der Waals surface area contributed by atoms with Gasteiger partial charge in [-0.3, -0.25) is 0 Å². The van der Waals surface area contributed by atoms with Crippen LogP contribution in [-0.4, -0.2) is 24.1 Å². The summed E-state index contributed by atoms with van der Waals surface area (Å²) in [5, 5.41) is 3.62. The van der Waals surface area contributed by atoms with Crippen LogP contribution in [0.15, 0.2) is 12.1 Å². The zero-order valence-corrected chi connectivity index (χ0v) is 13.8. The molecule has 0 radical (unpaired) electrons. The zero-order chi connectivity index (χ0) is 14.9. The van der Waals surface area contributed by atoms with Crippen molar-refractivity contribution in [2.24, 2.45) is 5.41 Å². The van der Waals surface area contributed by atoms with E-state index >= 15 is 0 Å². The van der Waals surface area contributed by atoms with E-state index in [1.54, 1.807) is 0 Å². The van der Waals surface area contributed by atoms with Crippen molar-refractivity contribution >= 4 is 5.82 Å². The van der Waals surface area contributed by atoms with Crippen LogP contribution in [0.2, 0.25) is 0 Å². The van der Waals surface area contributed by atoms with Gasteiger partial charge in [-0.1, -0.05) is 20.8 Å². The van der Waals surface area contributed by atoms with Gasteiger partial charge in [0.15, 0.2) is 0 Å². The molecule has 2 fully saturated rings. The van der Waals surface area contributed by atoms with E-state index in [9.17, 15) is 0 Å². The normalized spacial score (nSPS) is 21.6. The Balaban J connectivity index is 1.77. The first-order chi connectivity index (χ1) is 10.1. The summed E-state index contributed by atoms with van der Waals surface area (Å²) in [4.78, 5) is 7.37. The molecule has 1 aliphatic carbocycles. The number of nitrogens with zero attached hydrogens (tertiary/aromatic N) is 2. The minimum Gasteiger partial charge on any atom is -0.356 e. The van der Waals surface area contributed by atoms with E-state index in [2.05, 4.69) is 43.1 Å². The van der Waals surface area contributed by atoms with E-state index in [1.165, 1.54) is 42.8 Å². The summed E-state index contributed by atoms with van der Waals surface area (Å²) in [5.74, 6) is 1.19. The largest absolute Gasteiger partial charge is 0.356 e. The number of aryl methyl sites for hydroxylation is 1. The lowest BCUT2D eigenvalue weighted by atomic mass is 9.84. The molecule has 3 nitrogen and oxygen atoms in total. The fourth-order valence-corrected chi connectivity index (χ4v) is 3.25. The summed E-state index contributed by atoms with van der Waals surface area (Å²) in [6.45, 7) is 10.2. The highest BCUT2D eigenvalue weighted by atomic mass is 15.2. The summed E-state index contributed by atoms with van der Waals surface area (Å²) in [6, 6.07) is 5.34. The number of hydrogen-bond donors (Lipinski definition) is 1. The van der Waals surface area contributed by atoms with Gasteiger partial charge in [-0.2, -0.15) is 0 Å². The Labute approximate surface area is 129 Å². The molecule has 0 amide bonds. The number of hydrogen-bond acceptors (Lipinski definition) is 3. The van der Waals surface area contributed by atoms with Crippen molar-refractivity contribution in [3.05, 3.63) is 23.4 Å². The fraction of sp³-hybridized carbons (Fsp3) is 0.722. The van der Waals surface area contributed by atoms with Gasteiger partial charge in [0.2, 0.25) is 0 Å². The van der Waals surface area contributed by atoms with Crippen LogP contribution >= 0.6 is 0 Å². The lowest BCUT2D eigenvalue weighted by molar-refractivity contribution is 0.292. The van der Waals surface area contributed by atoms with Crippen molar-refractivity contribution in [2.75, 3.05) is 18.0 Å². The Kier molecular flexibility index (Phi) is 4.21. The Hall–Kier alpha value is -1.09. The number of rotatable bonds is 5. The first kappa shape index (κ1) is 14.8. The minimum absolute atomic E-state index is 0.411. The van der Waals surface area contributed by atoms with Gasteiger partial charge >= 0.3 is 0 Å². The Morgan fingerprint density at radius 3 is 2.81 bits per heavy atom. The van der Waals surface area contributed by atoms with Crippen molar-refractivity contribution in [1.29, 1.82) is 0 Å². The lowest BCUT2D eigenvalue weighted by Gasteiger charge is -2.39. The van der Waals surface area contributed by atoms with E-state index in [0.717, 1.165) is 32.1 Å². The maximum absolute atomic E-state index is 4.88. The summed E-state index contributed by atoms with van der Waals surface area (Å²) >= 11 is 0. The van der Waals surface area contributed by atoms with Crippen LogP contribution in [0.3, 0.4) is 0 Å². The predicted octanol–water partition coefficient (Wildman–Crippen LogP) is 3.52. The molecular weight excluding hydrogens is 258 g/mol. The number of piperidine rings is 1. The smallest absolute Gasteiger partial charge is 0.129 e. The van der Waals surface area contributed by atoms with E-state index in [0.29, 0.717) is 5.41 Å². The van der Waals surface area contributed by atoms with Crippen molar-refractivity contribution in [2.45, 2.75) is 65.5 Å². The van der Waals surface area contributed by atoms with Crippen LogP contribution in [0.1, 0.15) is 57.7 Å². The third-order valence-electron chi connectivity index (χ3n) is 4.68. The van der Waals surface area contributed by atoms with Crippen molar-refractivity contribution in [3.8, 4) is 0 Å². The highest BCUT2D eigenvalue weighted by molar-refractivity contribution is 5.43. The summed E-state index contributed by atoms with van der Waals surface area (Å²) in [5.41, 5.74) is 3.03. The van der Waals surface area contributed by atoms with E-state index < -0.39 is 0 Å². The average molecular weight is 287 g/mol. The van der Waals surface area contributed by atoms with E-state index in [4.69, 9.17) is 4.98 Å². The molecule has 3 rings (SSSR count). The molecule has 3 heteroatoms. The van der Waals surface area contributed by atoms with E-state index in [1.807, 2.05) is 0 Å². The van der Waals surface area contributed by atoms with Gasteiger partial charge in [0.05, 0.1) is 0 Å². The van der Waals surface area contributed by atoms with Gasteiger partial charge in [0, 0.05) is 31.4 Å². The third-order valence-corrected chi connectivity index (χ3v) is 4.68. The second-order valence-corrected chi connectivity index (χ2v) is 7.52. The van der Waals surface area contributed by atoms with Crippen molar-refractivity contribution in [3.63, 3.8) is 0 Å². The summed E-state index contributed by atoms with van der Waals surface area (Å²) < 4.78 is 0. The van der Waals surface area contributed by atoms with Gasteiger partial charge < -0.3 is 10.2 Å². The summed E-state index contributed by atoms with van der Waals surface area (Å²) in [6.07, 6.45) is 6.31. The van der Waals surface area contributed by atoms with Crippen LogP contribution in [0.25, 0.3) is 0 Å². The SMILES string of the molecule is CCc1cc(CNC2CC2)cc(N2CCCC(C)(C)C2)n1. The molecule has 1 aromatic rings. The molecule has 116 valence electrons. The van der Waals surface area contributed by atoms with Crippen LogP contribution in [0.4, 0.5) is 5.82 Å². The topological polar surface area (TPSA) is 28.2 Å². The molecule has 0 aromatic carbocycles. The molecule has 1 saturated carbocycles. The van der Waals surface area contributed by atoms with Crippen LogP contribution in [0, 0.1) is 5.41 Å². The molecule has 0 unspecified atom stereocenters. The molecule has 1 N–H and O–H groups in total. The first-order valence-electron chi connectivity index (χ1n) is 8.54. The van der Waals surface area contributed by atoms with Gasteiger partial charge in [-0.05, 0) is 55.2 Å². The maximum atomic E-state index is 4.88. The molecular formula is C18H29N3. The predicted molar refractivity (Wildman–Crippen MR) is 88.7 cm³/mol. The van der Waals surface area contributed by atoms with Gasteiger partial charge in [-0.25, -0.2) is 4.98 Å². The van der Waals surface area contributed by atoms with Crippen molar-refractivity contribution < 1.29 is 0 Å². The van der Waals surface area contributed by atoms with Crippen molar-refractivity contribution in [1.82, 2.24) is 10.3 Å². The average Bonchev–Trinajstić information content (AvgIpc) is 3.28. The van der Waals surface area contributed by atoms with Crippen LogP contribution in [-0.2, 0) is 13.0 Å². The second kappa shape index (κ2) is 5.96. The number of anilines is 1. The molecule has 0 spiro atoms. The molecule has 21 heavy (non-hydrogen) atoms. The van der Waals surface area contributed by atoms with Crippen LogP contribution < -0.4 is 10.2 Å². The molecule has 0 atom stereocenters. The van der Waals surface area contributed by atoms with Gasteiger partial charge in [0.25, 0.3) is 0 Å². The number of pyridine rings is 1. The standard InChI is InChI=1S/C18H29N3/c1-4-15-10-14(12-19-16-6-7-16)11-17(20-15)21-9-5-8-18(2,3)13-21/h10-11,16,19H,4-9,12-13H2,1-3H3. The maximum Gasteiger partial charge on any atom is 0.129 e. The Morgan fingerprint density at radius 2 is 2.14 bits per heavy atom. The van der Waals surface area contributed by atoms with Gasteiger partial charge in [-0.15, -0.1) is 0 Å². The molecule has 1 aromatic heterocycles. The molecule has 2 aliphatic rings. The van der Waals surface area contributed by atoms with Crippen LogP contribution in [0.5, 0.6) is 0 Å². The number of nitrogens with one attached hydrogen (secondary N) is 1. The molecule has 0 bridgehead atoms. The summed E-state index contributed by atoms with van der Waals surface area (Å²) in [7, 11) is 0. The molecule has 1 aliphatic heterocycles. The number of aromatic nitrogens is 1. The third kappa shape index (κ3) is 3.97. The molecule has 2 heterocycles. The zero-order valence-electron chi connectivity index (χ0n) is 13.8. The minimum atomic E-state index is 0.411. The quantitative estimate of drug-likeness (QED) is 0.898. The Bertz CT molecular complexity index is 491. The highest BCUT2D eigenvalue weighted by Crippen LogP contribution is 2.31. The molecule has 1 saturated heterocycles. The highest BCUT2D eigenvalue weighted by Gasteiger charge is 2.27. The second-order valence-electron chi connectivity index (χ2n) is 7.52. The monoisotopic (exact) mass is 287 g/mol. The Morgan fingerprint density at radius 1 is 1.33 bits per heavy atom. The van der Waals surface area contributed by atoms with E-state index in [-0.39, 0.29) is 0 Å². The van der Waals surface area contributed by atoms with Gasteiger partial charge in [0.1, 0.15) is 5.82 Å². The first-order valence-corrected chi connectivity index (χ1v) is 8.54.